The Morgan fingerprint density at radius 2 is 2.08 bits per heavy atom. The molecular weight excluding hydrogens is 508 g/mol. The van der Waals surface area contributed by atoms with E-state index >= 15 is 0 Å². The summed E-state index contributed by atoms with van der Waals surface area (Å²) in [5.74, 6) is -1.94. The summed E-state index contributed by atoms with van der Waals surface area (Å²) in [5.41, 5.74) is 2.59. The number of aryl methyl sites for hydroxylation is 1. The zero-order valence-electron chi connectivity index (χ0n) is 21.8. The number of ether oxygens (including phenoxy) is 1. The minimum Gasteiger partial charge on any atom is -0.466 e. The number of nitrogens with one attached hydrogen (secondary N) is 1. The predicted octanol–water partition coefficient (Wildman–Crippen LogP) is 5.33. The Hall–Kier alpha value is -2.59. The van der Waals surface area contributed by atoms with Gasteiger partial charge in [-0.25, -0.2) is 13.8 Å². The first-order chi connectivity index (χ1) is 18.3. The Bertz CT molecular complexity index is 1300. The molecule has 2 aliphatic carbocycles. The fourth-order valence-electron chi connectivity index (χ4n) is 6.21. The number of rotatable bonds is 7. The number of amides is 1. The molecule has 2 fully saturated rings. The molecule has 3 heterocycles. The predicted molar refractivity (Wildman–Crippen MR) is 143 cm³/mol. The van der Waals surface area contributed by atoms with Gasteiger partial charge in [-0.3, -0.25) is 14.4 Å². The third-order valence-corrected chi connectivity index (χ3v) is 9.41. The molecule has 0 radical (unpaired) electrons. The molecule has 0 bridgehead atoms. The summed E-state index contributed by atoms with van der Waals surface area (Å²) in [5, 5.41) is 9.12. The number of benzene rings is 1. The molecular formula is C28H35F2N5O2S. The molecule has 1 aromatic carbocycles. The van der Waals surface area contributed by atoms with Gasteiger partial charge >= 0.3 is 0 Å². The number of halogens is 2. The molecule has 3 aromatic rings. The van der Waals surface area contributed by atoms with Crippen molar-refractivity contribution in [2.75, 3.05) is 13.1 Å². The molecule has 204 valence electrons. The van der Waals surface area contributed by atoms with Gasteiger partial charge in [0.2, 0.25) is 0 Å². The molecule has 7 nitrogen and oxygen atoms in total. The number of nitrogens with zero attached hydrogens (tertiary/aromatic N) is 4. The average molecular weight is 544 g/mol. The number of hydrogen-bond donors (Lipinski definition) is 1. The standard InChI is InChI=1S/C28H35F2N5O2S/c1-34-16-22-21(3-2-4-23(22)33-34)26(36)31-19-7-5-18(6-8-19)10-13-35-14-11-25-24(17-35)32-27(38-25)37-20-9-12-28(29,30)15-20/h2-4,16,18-20H,5-15,17H2,1H3,(H,31,36). The number of carbonyl (C=O) groups excluding carboxylic acids is 1. The third kappa shape index (κ3) is 5.71. The maximum atomic E-state index is 13.5. The summed E-state index contributed by atoms with van der Waals surface area (Å²) in [7, 11) is 1.87. The van der Waals surface area contributed by atoms with Gasteiger partial charge in [-0.15, -0.1) is 0 Å². The summed E-state index contributed by atoms with van der Waals surface area (Å²) < 4.78 is 34.5. The third-order valence-electron chi connectivity index (χ3n) is 8.36. The van der Waals surface area contributed by atoms with E-state index in [1.165, 1.54) is 16.2 Å². The van der Waals surface area contributed by atoms with Crippen LogP contribution in [0.15, 0.2) is 24.4 Å². The molecule has 1 aliphatic heterocycles. The van der Waals surface area contributed by atoms with Gasteiger partial charge in [0.05, 0.1) is 16.8 Å². The summed E-state index contributed by atoms with van der Waals surface area (Å²) >= 11 is 1.53. The topological polar surface area (TPSA) is 72.3 Å². The van der Waals surface area contributed by atoms with Crippen LogP contribution in [0.5, 0.6) is 5.19 Å². The van der Waals surface area contributed by atoms with Crippen molar-refractivity contribution in [1.29, 1.82) is 0 Å². The zero-order valence-corrected chi connectivity index (χ0v) is 22.6. The molecule has 10 heteroatoms. The van der Waals surface area contributed by atoms with Crippen LogP contribution >= 0.6 is 11.3 Å². The van der Waals surface area contributed by atoms with Crippen molar-refractivity contribution >= 4 is 28.1 Å². The molecule has 0 spiro atoms. The first-order valence-electron chi connectivity index (χ1n) is 13.8. The van der Waals surface area contributed by atoms with Crippen LogP contribution in [0.1, 0.15) is 72.3 Å². The Kier molecular flexibility index (Phi) is 7.11. The van der Waals surface area contributed by atoms with E-state index < -0.39 is 12.0 Å². The molecule has 1 N–H and O–H groups in total. The highest BCUT2D eigenvalue weighted by Crippen LogP contribution is 2.39. The second-order valence-electron chi connectivity index (χ2n) is 11.2. The van der Waals surface area contributed by atoms with Gasteiger partial charge in [0.15, 0.2) is 0 Å². The number of thiazole rings is 1. The number of hydrogen-bond acceptors (Lipinski definition) is 6. The summed E-state index contributed by atoms with van der Waals surface area (Å²) in [6.45, 7) is 2.84. The maximum absolute atomic E-state index is 13.5. The molecule has 2 saturated carbocycles. The second kappa shape index (κ2) is 10.5. The fourth-order valence-corrected chi connectivity index (χ4v) is 7.18. The zero-order chi connectivity index (χ0) is 26.3. The minimum absolute atomic E-state index is 0.00979. The first-order valence-corrected chi connectivity index (χ1v) is 14.6. The average Bonchev–Trinajstić information content (AvgIpc) is 3.57. The Balaban J connectivity index is 0.946. The van der Waals surface area contributed by atoms with Crippen LogP contribution in [0.3, 0.4) is 0 Å². The van der Waals surface area contributed by atoms with Crippen LogP contribution in [0, 0.1) is 5.92 Å². The molecule has 0 saturated heterocycles. The van der Waals surface area contributed by atoms with E-state index in [1.54, 1.807) is 4.68 Å². The number of fused-ring (bicyclic) bond motifs is 2. The summed E-state index contributed by atoms with van der Waals surface area (Å²) in [6.07, 6.45) is 7.96. The SMILES string of the molecule is Cn1cc2c(C(=O)NC3CCC(CCN4CCc5sc(OC6CCC(F)(F)C6)nc5C4)CC3)cccc2n1. The van der Waals surface area contributed by atoms with E-state index in [-0.39, 0.29) is 24.8 Å². The highest BCUT2D eigenvalue weighted by atomic mass is 32.1. The van der Waals surface area contributed by atoms with Gasteiger partial charge in [0.25, 0.3) is 17.0 Å². The Morgan fingerprint density at radius 3 is 2.87 bits per heavy atom. The van der Waals surface area contributed by atoms with E-state index in [0.29, 0.717) is 23.1 Å². The van der Waals surface area contributed by atoms with Crippen molar-refractivity contribution in [3.63, 3.8) is 0 Å². The van der Waals surface area contributed by atoms with Crippen LogP contribution in [-0.4, -0.2) is 56.7 Å². The molecule has 3 aliphatic rings. The molecule has 1 unspecified atom stereocenters. The van der Waals surface area contributed by atoms with Crippen molar-refractivity contribution in [1.82, 2.24) is 25.0 Å². The van der Waals surface area contributed by atoms with Crippen LogP contribution in [0.2, 0.25) is 0 Å². The normalized spacial score (nSPS) is 25.4. The number of carbonyl (C=O) groups is 1. The van der Waals surface area contributed by atoms with Gasteiger partial charge in [-0.05, 0) is 69.5 Å². The van der Waals surface area contributed by atoms with Crippen molar-refractivity contribution < 1.29 is 18.3 Å². The Morgan fingerprint density at radius 1 is 1.24 bits per heavy atom. The van der Waals surface area contributed by atoms with Crippen molar-refractivity contribution in [2.45, 2.75) is 82.4 Å². The molecule has 1 amide bonds. The van der Waals surface area contributed by atoms with Crippen molar-refractivity contribution in [3.05, 3.63) is 40.5 Å². The van der Waals surface area contributed by atoms with E-state index in [0.717, 1.165) is 74.8 Å². The quantitative estimate of drug-likeness (QED) is 0.436. The van der Waals surface area contributed by atoms with Crippen LogP contribution < -0.4 is 10.1 Å². The van der Waals surface area contributed by atoms with Crippen molar-refractivity contribution in [2.24, 2.45) is 13.0 Å². The van der Waals surface area contributed by atoms with E-state index in [1.807, 2.05) is 31.4 Å². The van der Waals surface area contributed by atoms with Crippen molar-refractivity contribution in [3.8, 4) is 5.19 Å². The maximum Gasteiger partial charge on any atom is 0.273 e. The highest BCUT2D eigenvalue weighted by molar-refractivity contribution is 7.13. The first kappa shape index (κ1) is 25.7. The van der Waals surface area contributed by atoms with E-state index in [4.69, 9.17) is 4.74 Å². The molecule has 6 rings (SSSR count). The minimum atomic E-state index is -2.60. The largest absolute Gasteiger partial charge is 0.466 e. The van der Waals surface area contributed by atoms with E-state index in [2.05, 4.69) is 20.3 Å². The molecule has 1 atom stereocenters. The lowest BCUT2D eigenvalue weighted by Crippen LogP contribution is -2.38. The van der Waals surface area contributed by atoms with Gasteiger partial charge < -0.3 is 10.1 Å². The Labute approximate surface area is 225 Å². The number of aromatic nitrogens is 3. The van der Waals surface area contributed by atoms with Crippen LogP contribution in [0.4, 0.5) is 8.78 Å². The van der Waals surface area contributed by atoms with Gasteiger partial charge in [-0.1, -0.05) is 17.4 Å². The van der Waals surface area contributed by atoms with Gasteiger partial charge in [0, 0.05) is 55.5 Å². The van der Waals surface area contributed by atoms with Crippen LogP contribution in [-0.2, 0) is 20.0 Å². The fraction of sp³-hybridized carbons (Fsp3) is 0.607. The lowest BCUT2D eigenvalue weighted by molar-refractivity contribution is -0.00108. The lowest BCUT2D eigenvalue weighted by Gasteiger charge is -2.32. The van der Waals surface area contributed by atoms with Crippen LogP contribution in [0.25, 0.3) is 10.9 Å². The van der Waals surface area contributed by atoms with Gasteiger partial charge in [0.1, 0.15) is 6.10 Å². The number of alkyl halides is 2. The monoisotopic (exact) mass is 543 g/mol. The highest BCUT2D eigenvalue weighted by Gasteiger charge is 2.41. The van der Waals surface area contributed by atoms with Gasteiger partial charge in [-0.2, -0.15) is 5.10 Å². The summed E-state index contributed by atoms with van der Waals surface area (Å²) in [4.78, 5) is 21.3. The lowest BCUT2D eigenvalue weighted by atomic mass is 9.84. The molecule has 38 heavy (non-hydrogen) atoms. The second-order valence-corrected chi connectivity index (χ2v) is 12.3. The smallest absolute Gasteiger partial charge is 0.273 e. The summed E-state index contributed by atoms with van der Waals surface area (Å²) in [6, 6.07) is 5.92. The molecule has 2 aromatic heterocycles. The van der Waals surface area contributed by atoms with E-state index in [9.17, 15) is 13.6 Å².